The predicted molar refractivity (Wildman–Crippen MR) is 258 cm³/mol. The molecule has 0 aromatic heterocycles. The minimum absolute atomic E-state index is 0.101. The van der Waals surface area contributed by atoms with E-state index in [-0.39, 0.29) is 12.8 Å². The molecular weight excluding hydrogens is 852 g/mol. The lowest BCUT2D eigenvalue weighted by Crippen LogP contribution is -2.64. The molecule has 6 unspecified atom stereocenters. The zero-order valence-corrected chi connectivity index (χ0v) is 41.9. The number of hydrogen-bond donors (Lipinski definition) is 6. The van der Waals surface area contributed by atoms with Gasteiger partial charge in [-0.25, -0.2) is 4.57 Å². The molecule has 6 N–H and O–H groups in total. The first-order valence-corrected chi connectivity index (χ1v) is 28.0. The van der Waals surface area contributed by atoms with E-state index in [0.717, 1.165) is 44.9 Å². The molecule has 0 bridgehead atoms. The molecule has 0 spiro atoms. The predicted octanol–water partition coefficient (Wildman–Crippen LogP) is 11.4. The topological polar surface area (TPSA) is 210 Å². The molecule has 1 rings (SSSR count). The summed E-state index contributed by atoms with van der Waals surface area (Å²) in [5.74, 6) is -1.08. The Morgan fingerprint density at radius 2 is 0.785 bits per heavy atom. The van der Waals surface area contributed by atoms with Crippen molar-refractivity contribution in [1.82, 2.24) is 0 Å². The van der Waals surface area contributed by atoms with Crippen molar-refractivity contribution in [1.29, 1.82) is 0 Å². The van der Waals surface area contributed by atoms with Gasteiger partial charge in [-0.3, -0.25) is 18.6 Å². The lowest BCUT2D eigenvalue weighted by Gasteiger charge is -2.41. The molecule has 8 atom stereocenters. The Balaban J connectivity index is 2.36. The van der Waals surface area contributed by atoms with Crippen LogP contribution in [0.4, 0.5) is 0 Å². The van der Waals surface area contributed by atoms with Gasteiger partial charge in [-0.2, -0.15) is 0 Å². The van der Waals surface area contributed by atoms with E-state index in [1.807, 2.05) is 0 Å². The maximum Gasteiger partial charge on any atom is 0.472 e. The molecule has 1 fully saturated rings. The second kappa shape index (κ2) is 41.6. The number of aliphatic hydroxyl groups is 5. The Kier molecular flexibility index (Phi) is 39.4. The maximum absolute atomic E-state index is 12.9. The van der Waals surface area contributed by atoms with Crippen molar-refractivity contribution in [3.63, 3.8) is 0 Å². The number of hydrogen-bond acceptors (Lipinski definition) is 12. The Hall–Kier alpha value is -1.41. The first-order chi connectivity index (χ1) is 31.4. The van der Waals surface area contributed by atoms with Gasteiger partial charge < -0.3 is 39.9 Å². The van der Waals surface area contributed by atoms with Crippen LogP contribution in [0, 0.1) is 0 Å². The molecule has 1 aliphatic carbocycles. The Morgan fingerprint density at radius 3 is 1.17 bits per heavy atom. The Bertz CT molecular complexity index is 1190. The molecule has 0 saturated heterocycles. The second-order valence-electron chi connectivity index (χ2n) is 18.7. The van der Waals surface area contributed by atoms with E-state index >= 15 is 0 Å². The molecule has 14 heteroatoms. The van der Waals surface area contributed by atoms with Gasteiger partial charge in [0.1, 0.15) is 43.2 Å². The first kappa shape index (κ1) is 61.6. The summed E-state index contributed by atoms with van der Waals surface area (Å²) in [6.45, 7) is 3.34. The van der Waals surface area contributed by atoms with Gasteiger partial charge in [-0.05, 0) is 38.5 Å². The van der Waals surface area contributed by atoms with Gasteiger partial charge in [-0.15, -0.1) is 0 Å². The van der Waals surface area contributed by atoms with Gasteiger partial charge in [0, 0.05) is 12.8 Å². The minimum atomic E-state index is -5.12. The third-order valence-electron chi connectivity index (χ3n) is 12.6. The lowest BCUT2D eigenvalue weighted by atomic mass is 9.85. The molecule has 1 aliphatic rings. The number of phosphoric ester groups is 1. The van der Waals surface area contributed by atoms with Crippen molar-refractivity contribution < 1.29 is 63.1 Å². The van der Waals surface area contributed by atoms with Crippen molar-refractivity contribution in [2.24, 2.45) is 0 Å². The monoisotopic (exact) mass is 949 g/mol. The van der Waals surface area contributed by atoms with Crippen molar-refractivity contribution in [2.45, 2.75) is 288 Å². The number of carbonyl (C=O) groups excluding carboxylic acids is 2. The van der Waals surface area contributed by atoms with E-state index in [2.05, 4.69) is 26.0 Å². The Morgan fingerprint density at radius 1 is 0.462 bits per heavy atom. The average molecular weight is 949 g/mol. The van der Waals surface area contributed by atoms with Crippen LogP contribution in [-0.4, -0.2) is 98.3 Å². The highest BCUT2D eigenvalue weighted by atomic mass is 31.2. The number of phosphoric acid groups is 1. The summed E-state index contributed by atoms with van der Waals surface area (Å²) in [6.07, 6.45) is 32.6. The van der Waals surface area contributed by atoms with Crippen LogP contribution in [0.15, 0.2) is 12.2 Å². The van der Waals surface area contributed by atoms with Gasteiger partial charge in [0.05, 0.1) is 6.61 Å². The van der Waals surface area contributed by atoms with Crippen molar-refractivity contribution in [3.8, 4) is 0 Å². The summed E-state index contributed by atoms with van der Waals surface area (Å²) in [7, 11) is -5.12. The highest BCUT2D eigenvalue weighted by molar-refractivity contribution is 7.47. The smallest absolute Gasteiger partial charge is 0.462 e. The van der Waals surface area contributed by atoms with E-state index < -0.39 is 75.7 Å². The molecule has 1 saturated carbocycles. The fraction of sp³-hybridized carbons (Fsp3) is 0.922. The van der Waals surface area contributed by atoms with E-state index in [4.69, 9.17) is 18.5 Å². The molecular formula is C51H97O13P. The highest BCUT2D eigenvalue weighted by Gasteiger charge is 2.51. The third-order valence-corrected chi connectivity index (χ3v) is 13.6. The summed E-state index contributed by atoms with van der Waals surface area (Å²) in [5.41, 5.74) is 0. The normalized spacial score (nSPS) is 21.4. The van der Waals surface area contributed by atoms with Crippen molar-refractivity contribution in [3.05, 3.63) is 12.2 Å². The minimum Gasteiger partial charge on any atom is -0.462 e. The molecule has 0 amide bonds. The molecule has 0 aromatic rings. The van der Waals surface area contributed by atoms with E-state index in [1.165, 1.54) is 161 Å². The van der Waals surface area contributed by atoms with Crippen LogP contribution >= 0.6 is 7.82 Å². The number of aliphatic hydroxyl groups excluding tert-OH is 5. The number of allylic oxidation sites excluding steroid dienone is 2. The van der Waals surface area contributed by atoms with Crippen LogP contribution in [0.3, 0.4) is 0 Å². The zero-order chi connectivity index (χ0) is 47.8. The molecule has 13 nitrogen and oxygen atoms in total. The summed E-state index contributed by atoms with van der Waals surface area (Å²) < 4.78 is 33.7. The SMILES string of the molecule is CCCCCCCC/C=C/CCCCCCCCCCCCCC(=O)O[C@H](COC(=O)CCCCCCCCCCCCCCCCC)COP(=O)(O)OC1C(O)C(O)C(O)[C@@H](O)C1O. The number of carbonyl (C=O) groups is 2. The van der Waals surface area contributed by atoms with E-state index in [9.17, 15) is 44.6 Å². The molecule has 0 aliphatic heterocycles. The van der Waals surface area contributed by atoms with Gasteiger partial charge in [0.2, 0.25) is 0 Å². The quantitative estimate of drug-likeness (QED) is 0.0145. The molecule has 0 aromatic carbocycles. The molecule has 65 heavy (non-hydrogen) atoms. The number of esters is 2. The van der Waals surface area contributed by atoms with Gasteiger partial charge in [0.25, 0.3) is 0 Å². The number of unbranched alkanes of at least 4 members (excludes halogenated alkanes) is 31. The van der Waals surface area contributed by atoms with Gasteiger partial charge in [0.15, 0.2) is 6.10 Å². The lowest BCUT2D eigenvalue weighted by molar-refractivity contribution is -0.220. The van der Waals surface area contributed by atoms with Crippen LogP contribution < -0.4 is 0 Å². The van der Waals surface area contributed by atoms with Crippen LogP contribution in [0.5, 0.6) is 0 Å². The van der Waals surface area contributed by atoms with Crippen molar-refractivity contribution >= 4 is 19.8 Å². The standard InChI is InChI=1S/C51H97O13P/c1-3-5-7-9-11-13-15-17-19-20-21-22-23-24-26-28-30-32-34-36-38-40-45(53)63-43(42-62-65(59,60)64-51-49(57)47(55)46(54)48(56)50(51)58)41-61-44(52)39-37-35-33-31-29-27-25-18-16-14-12-10-8-6-4-2/h17,19,43,46-51,54-58H,3-16,18,20-42H2,1-2H3,(H,59,60)/b19-17+/t43-,46?,47-,48?,49?,50?,51?/m1/s1. The molecule has 0 radical (unpaired) electrons. The summed E-state index contributed by atoms with van der Waals surface area (Å²) >= 11 is 0. The molecule has 0 heterocycles. The van der Waals surface area contributed by atoms with Crippen LogP contribution in [0.1, 0.15) is 245 Å². The Labute approximate surface area is 394 Å². The van der Waals surface area contributed by atoms with Gasteiger partial charge in [-0.1, -0.05) is 206 Å². The first-order valence-electron chi connectivity index (χ1n) is 26.5. The van der Waals surface area contributed by atoms with Crippen LogP contribution in [0.25, 0.3) is 0 Å². The summed E-state index contributed by atoms with van der Waals surface area (Å²) in [4.78, 5) is 35.8. The van der Waals surface area contributed by atoms with E-state index in [1.54, 1.807) is 0 Å². The summed E-state index contributed by atoms with van der Waals surface area (Å²) in [6, 6.07) is 0. The molecule has 384 valence electrons. The summed E-state index contributed by atoms with van der Waals surface area (Å²) in [5, 5.41) is 50.3. The van der Waals surface area contributed by atoms with Gasteiger partial charge >= 0.3 is 19.8 Å². The largest absolute Gasteiger partial charge is 0.472 e. The van der Waals surface area contributed by atoms with Crippen LogP contribution in [-0.2, 0) is 32.7 Å². The van der Waals surface area contributed by atoms with Crippen LogP contribution in [0.2, 0.25) is 0 Å². The average Bonchev–Trinajstić information content (AvgIpc) is 3.29. The second-order valence-corrected chi connectivity index (χ2v) is 20.1. The number of ether oxygens (including phenoxy) is 2. The maximum atomic E-state index is 12.9. The number of rotatable bonds is 45. The fourth-order valence-electron chi connectivity index (χ4n) is 8.34. The highest BCUT2D eigenvalue weighted by Crippen LogP contribution is 2.47. The third kappa shape index (κ3) is 33.7. The zero-order valence-electron chi connectivity index (χ0n) is 41.1. The van der Waals surface area contributed by atoms with E-state index in [0.29, 0.717) is 12.8 Å². The fourth-order valence-corrected chi connectivity index (χ4v) is 9.32. The van der Waals surface area contributed by atoms with Crippen molar-refractivity contribution in [2.75, 3.05) is 13.2 Å².